The number of carbonyl (C=O) groups excluding carboxylic acids is 1. The van der Waals surface area contributed by atoms with Gasteiger partial charge in [0.05, 0.1) is 11.1 Å². The molecule has 3 N–H and O–H groups in total. The van der Waals surface area contributed by atoms with Crippen molar-refractivity contribution in [3.8, 4) is 0 Å². The number of nitrogens with one attached hydrogen (secondary N) is 1. The van der Waals surface area contributed by atoms with Crippen LogP contribution in [0.15, 0.2) is 0 Å². The number of hydrogen-bond donors (Lipinski definition) is 2. The van der Waals surface area contributed by atoms with Crippen LogP contribution >= 0.6 is 0 Å². The van der Waals surface area contributed by atoms with E-state index in [-0.39, 0.29) is 11.5 Å². The van der Waals surface area contributed by atoms with Gasteiger partial charge >= 0.3 is 0 Å². The van der Waals surface area contributed by atoms with Crippen molar-refractivity contribution >= 4 is 5.91 Å². The molecule has 0 aliphatic heterocycles. The summed E-state index contributed by atoms with van der Waals surface area (Å²) >= 11 is 0. The first kappa shape index (κ1) is 16.4. The summed E-state index contributed by atoms with van der Waals surface area (Å²) in [5.41, 5.74) is 4.73. The van der Waals surface area contributed by atoms with Crippen molar-refractivity contribution in [2.24, 2.45) is 5.73 Å². The van der Waals surface area contributed by atoms with Gasteiger partial charge in [-0.15, -0.1) is 0 Å². The fraction of sp³-hybridized carbons (Fsp3) is 0.923. The Balaban J connectivity index is 3.88. The van der Waals surface area contributed by atoms with Crippen LogP contribution in [0.4, 0.5) is 0 Å². The number of likely N-dealkylation sites (N-methyl/N-ethyl adjacent to an activating group) is 1. The van der Waals surface area contributed by atoms with E-state index in [9.17, 15) is 4.79 Å². The van der Waals surface area contributed by atoms with E-state index >= 15 is 0 Å². The quantitative estimate of drug-likeness (QED) is 0.640. The number of unbranched alkanes of at least 4 members (excludes halogenated alkanes) is 1. The fourth-order valence-electron chi connectivity index (χ4n) is 1.65. The molecular formula is C13H28N2O2. The van der Waals surface area contributed by atoms with Gasteiger partial charge in [-0.25, -0.2) is 0 Å². The molecule has 0 aliphatic rings. The Labute approximate surface area is 105 Å². The van der Waals surface area contributed by atoms with Gasteiger partial charge in [-0.05, 0) is 53.5 Å². The maximum atomic E-state index is 11.4. The molecule has 1 unspecified atom stereocenters. The summed E-state index contributed by atoms with van der Waals surface area (Å²) < 4.78 is 5.63. The zero-order chi connectivity index (χ0) is 13.5. The van der Waals surface area contributed by atoms with Gasteiger partial charge in [-0.2, -0.15) is 0 Å². The first-order chi connectivity index (χ1) is 7.71. The molecule has 0 saturated carbocycles. The number of primary amides is 1. The molecule has 0 bridgehead atoms. The van der Waals surface area contributed by atoms with Gasteiger partial charge in [-0.3, -0.25) is 4.79 Å². The molecule has 0 aromatic heterocycles. The van der Waals surface area contributed by atoms with Crippen LogP contribution in [0.5, 0.6) is 0 Å². The van der Waals surface area contributed by atoms with E-state index in [4.69, 9.17) is 10.5 Å². The Morgan fingerprint density at radius 3 is 2.24 bits per heavy atom. The molecular weight excluding hydrogens is 216 g/mol. The molecule has 1 amide bonds. The van der Waals surface area contributed by atoms with Crippen molar-refractivity contribution in [2.75, 3.05) is 13.2 Å². The lowest BCUT2D eigenvalue weighted by molar-refractivity contribution is -0.124. The van der Waals surface area contributed by atoms with Crippen molar-refractivity contribution in [1.82, 2.24) is 5.32 Å². The van der Waals surface area contributed by atoms with Gasteiger partial charge in [0.25, 0.3) is 0 Å². The normalized spacial score (nSPS) is 15.6. The van der Waals surface area contributed by atoms with E-state index in [0.717, 1.165) is 32.4 Å². The smallest absolute Gasteiger partial charge is 0.237 e. The third kappa shape index (κ3) is 7.34. The van der Waals surface area contributed by atoms with Gasteiger partial charge in [-0.1, -0.05) is 6.92 Å². The van der Waals surface area contributed by atoms with Crippen LogP contribution in [0, 0.1) is 0 Å². The highest BCUT2D eigenvalue weighted by atomic mass is 16.5. The van der Waals surface area contributed by atoms with E-state index in [1.807, 2.05) is 34.6 Å². The summed E-state index contributed by atoms with van der Waals surface area (Å²) in [6.07, 6.45) is 2.64. The highest BCUT2D eigenvalue weighted by Crippen LogP contribution is 2.14. The highest BCUT2D eigenvalue weighted by Gasteiger charge is 2.28. The number of ether oxygens (including phenoxy) is 1. The minimum absolute atomic E-state index is 0.0886. The summed E-state index contributed by atoms with van der Waals surface area (Å²) in [5.74, 6) is -0.281. The minimum atomic E-state index is -0.587. The molecule has 0 saturated heterocycles. The zero-order valence-electron chi connectivity index (χ0n) is 11.9. The zero-order valence-corrected chi connectivity index (χ0v) is 11.9. The number of nitrogens with two attached hydrogens (primary N) is 1. The van der Waals surface area contributed by atoms with E-state index in [1.165, 1.54) is 0 Å². The van der Waals surface area contributed by atoms with Crippen LogP contribution in [0.3, 0.4) is 0 Å². The maximum Gasteiger partial charge on any atom is 0.237 e. The summed E-state index contributed by atoms with van der Waals surface area (Å²) in [6.45, 7) is 11.4. The first-order valence-electron chi connectivity index (χ1n) is 6.40. The number of rotatable bonds is 8. The average molecular weight is 244 g/mol. The van der Waals surface area contributed by atoms with E-state index in [2.05, 4.69) is 5.32 Å². The maximum absolute atomic E-state index is 11.4. The third-order valence-electron chi connectivity index (χ3n) is 2.72. The Hall–Kier alpha value is -0.610. The van der Waals surface area contributed by atoms with Crippen LogP contribution < -0.4 is 11.1 Å². The van der Waals surface area contributed by atoms with Crippen LogP contribution in [-0.4, -0.2) is 30.2 Å². The van der Waals surface area contributed by atoms with Crippen molar-refractivity contribution in [1.29, 1.82) is 0 Å². The Kier molecular flexibility index (Phi) is 6.72. The molecule has 4 heteroatoms. The van der Waals surface area contributed by atoms with Gasteiger partial charge in [0.2, 0.25) is 5.91 Å². The van der Waals surface area contributed by atoms with E-state index < -0.39 is 5.54 Å². The summed E-state index contributed by atoms with van der Waals surface area (Å²) in [5, 5.41) is 3.15. The molecule has 4 nitrogen and oxygen atoms in total. The number of hydrogen-bond acceptors (Lipinski definition) is 3. The summed E-state index contributed by atoms with van der Waals surface area (Å²) in [4.78, 5) is 11.4. The Bertz CT molecular complexity index is 236. The molecule has 0 fully saturated rings. The van der Waals surface area contributed by atoms with Gasteiger partial charge in [0.1, 0.15) is 0 Å². The summed E-state index contributed by atoms with van der Waals surface area (Å²) in [6, 6.07) is 0. The molecule has 0 rings (SSSR count). The van der Waals surface area contributed by atoms with E-state index in [0.29, 0.717) is 0 Å². The predicted molar refractivity (Wildman–Crippen MR) is 70.8 cm³/mol. The van der Waals surface area contributed by atoms with Crippen LogP contribution in [0.1, 0.15) is 53.9 Å². The molecule has 0 radical (unpaired) electrons. The predicted octanol–water partition coefficient (Wildman–Crippen LogP) is 1.83. The second kappa shape index (κ2) is 6.97. The van der Waals surface area contributed by atoms with Crippen molar-refractivity contribution in [3.63, 3.8) is 0 Å². The minimum Gasteiger partial charge on any atom is -0.376 e. The fourth-order valence-corrected chi connectivity index (χ4v) is 1.65. The molecule has 0 aromatic carbocycles. The topological polar surface area (TPSA) is 64.3 Å². The van der Waals surface area contributed by atoms with Gasteiger partial charge in [0, 0.05) is 6.61 Å². The molecule has 1 atom stereocenters. The SMILES string of the molecule is CCNC(C)(CCCCOC(C)(C)C)C(N)=O. The molecule has 0 aliphatic carbocycles. The standard InChI is InChI=1S/C13H28N2O2/c1-6-15-13(5,11(14)16)9-7-8-10-17-12(2,3)4/h15H,6-10H2,1-5H3,(H2,14,16). The lowest BCUT2D eigenvalue weighted by Crippen LogP contribution is -2.53. The Morgan fingerprint density at radius 1 is 1.24 bits per heavy atom. The monoisotopic (exact) mass is 244 g/mol. The highest BCUT2D eigenvalue weighted by molar-refractivity contribution is 5.84. The molecule has 0 aromatic rings. The summed E-state index contributed by atoms with van der Waals surface area (Å²) in [7, 11) is 0. The first-order valence-corrected chi connectivity index (χ1v) is 6.40. The molecule has 0 heterocycles. The third-order valence-corrected chi connectivity index (χ3v) is 2.72. The van der Waals surface area contributed by atoms with Gasteiger partial charge < -0.3 is 15.8 Å². The van der Waals surface area contributed by atoms with Crippen molar-refractivity contribution < 1.29 is 9.53 Å². The number of amides is 1. The molecule has 102 valence electrons. The van der Waals surface area contributed by atoms with Gasteiger partial charge in [0.15, 0.2) is 0 Å². The second-order valence-corrected chi connectivity index (χ2v) is 5.64. The Morgan fingerprint density at radius 2 is 1.82 bits per heavy atom. The van der Waals surface area contributed by atoms with Crippen LogP contribution in [0.25, 0.3) is 0 Å². The average Bonchev–Trinajstić information content (AvgIpc) is 2.15. The lowest BCUT2D eigenvalue weighted by Gasteiger charge is -2.27. The van der Waals surface area contributed by atoms with Crippen molar-refractivity contribution in [3.05, 3.63) is 0 Å². The van der Waals surface area contributed by atoms with Crippen molar-refractivity contribution in [2.45, 2.75) is 65.0 Å². The number of carbonyl (C=O) groups is 1. The molecule has 0 spiro atoms. The van der Waals surface area contributed by atoms with Crippen LogP contribution in [-0.2, 0) is 9.53 Å². The molecule has 17 heavy (non-hydrogen) atoms. The second-order valence-electron chi connectivity index (χ2n) is 5.64. The van der Waals surface area contributed by atoms with Crippen LogP contribution in [0.2, 0.25) is 0 Å². The van der Waals surface area contributed by atoms with E-state index in [1.54, 1.807) is 0 Å². The lowest BCUT2D eigenvalue weighted by atomic mass is 9.94. The largest absolute Gasteiger partial charge is 0.376 e.